The Hall–Kier alpha value is -0.0800. The smallest absolute Gasteiger partial charge is 0.00934 e. The van der Waals surface area contributed by atoms with Gasteiger partial charge in [0.15, 0.2) is 0 Å². The number of nitrogens with zero attached hydrogens (tertiary/aromatic N) is 1. The maximum absolute atomic E-state index is 5.89. The first-order valence-corrected chi connectivity index (χ1v) is 5.71. The van der Waals surface area contributed by atoms with E-state index >= 15 is 0 Å². The summed E-state index contributed by atoms with van der Waals surface area (Å²) in [5.74, 6) is 1.03. The van der Waals surface area contributed by atoms with Crippen molar-refractivity contribution in [2.24, 2.45) is 11.7 Å². The van der Waals surface area contributed by atoms with Crippen molar-refractivity contribution in [3.63, 3.8) is 0 Å². The first-order chi connectivity index (χ1) is 6.25. The van der Waals surface area contributed by atoms with E-state index < -0.39 is 0 Å². The van der Waals surface area contributed by atoms with E-state index in [0.29, 0.717) is 6.04 Å². The maximum atomic E-state index is 5.89. The third kappa shape index (κ3) is 2.68. The van der Waals surface area contributed by atoms with E-state index in [1.165, 1.54) is 45.1 Å². The van der Waals surface area contributed by atoms with Crippen LogP contribution < -0.4 is 5.73 Å². The minimum Gasteiger partial charge on any atom is -0.328 e. The molecule has 2 fully saturated rings. The van der Waals surface area contributed by atoms with Gasteiger partial charge < -0.3 is 10.6 Å². The molecule has 2 N–H and O–H groups in total. The van der Waals surface area contributed by atoms with E-state index in [1.54, 1.807) is 0 Å². The van der Waals surface area contributed by atoms with Gasteiger partial charge in [-0.25, -0.2) is 0 Å². The zero-order valence-electron chi connectivity index (χ0n) is 8.71. The summed E-state index contributed by atoms with van der Waals surface area (Å²) in [6.07, 6.45) is 8.06. The van der Waals surface area contributed by atoms with Crippen molar-refractivity contribution < 1.29 is 0 Å². The number of hydrogen-bond acceptors (Lipinski definition) is 2. The molecule has 2 rings (SSSR count). The Bertz CT molecular complexity index is 157. The Morgan fingerprint density at radius 1 is 1.08 bits per heavy atom. The van der Waals surface area contributed by atoms with Crippen molar-refractivity contribution in [3.05, 3.63) is 0 Å². The Balaban J connectivity index is 1.72. The van der Waals surface area contributed by atoms with Crippen LogP contribution in [0.3, 0.4) is 0 Å². The van der Waals surface area contributed by atoms with Gasteiger partial charge in [-0.05, 0) is 51.5 Å². The van der Waals surface area contributed by atoms with E-state index in [-0.39, 0.29) is 0 Å². The molecule has 2 aliphatic rings. The third-order valence-corrected chi connectivity index (χ3v) is 3.61. The molecule has 0 spiro atoms. The molecular weight excluding hydrogens is 160 g/mol. The monoisotopic (exact) mass is 182 g/mol. The largest absolute Gasteiger partial charge is 0.328 e. The lowest BCUT2D eigenvalue weighted by Gasteiger charge is -2.33. The van der Waals surface area contributed by atoms with E-state index in [1.807, 2.05) is 0 Å². The van der Waals surface area contributed by atoms with Crippen molar-refractivity contribution in [3.8, 4) is 0 Å². The standard InChI is InChI=1S/C11H22N2/c1-13(8-9-2-3-9)11-6-4-10(12)5-7-11/h9-11H,2-8,12H2,1H3. The number of rotatable bonds is 3. The fourth-order valence-electron chi connectivity index (χ4n) is 2.40. The SMILES string of the molecule is CN(CC1CC1)C1CCC(N)CC1. The normalized spacial score (nSPS) is 35.3. The fourth-order valence-corrected chi connectivity index (χ4v) is 2.40. The molecule has 0 heterocycles. The Labute approximate surface area is 81.5 Å². The molecule has 2 nitrogen and oxygen atoms in total. The number of hydrogen-bond donors (Lipinski definition) is 1. The van der Waals surface area contributed by atoms with Gasteiger partial charge in [-0.15, -0.1) is 0 Å². The molecule has 0 bridgehead atoms. The minimum absolute atomic E-state index is 0.491. The topological polar surface area (TPSA) is 29.3 Å². The van der Waals surface area contributed by atoms with E-state index in [0.717, 1.165) is 12.0 Å². The first-order valence-electron chi connectivity index (χ1n) is 5.71. The second kappa shape index (κ2) is 3.97. The quantitative estimate of drug-likeness (QED) is 0.718. The second-order valence-corrected chi connectivity index (χ2v) is 4.95. The second-order valence-electron chi connectivity index (χ2n) is 4.95. The van der Waals surface area contributed by atoms with Crippen LogP contribution in [-0.2, 0) is 0 Å². The summed E-state index contributed by atoms with van der Waals surface area (Å²) < 4.78 is 0. The molecule has 0 amide bonds. The van der Waals surface area contributed by atoms with Crippen LogP contribution in [0.2, 0.25) is 0 Å². The Kier molecular flexibility index (Phi) is 2.89. The van der Waals surface area contributed by atoms with Gasteiger partial charge in [-0.1, -0.05) is 0 Å². The van der Waals surface area contributed by atoms with Gasteiger partial charge in [-0.2, -0.15) is 0 Å². The summed E-state index contributed by atoms with van der Waals surface area (Å²) in [5.41, 5.74) is 5.89. The van der Waals surface area contributed by atoms with E-state index in [9.17, 15) is 0 Å². The molecular formula is C11H22N2. The van der Waals surface area contributed by atoms with Crippen LogP contribution in [0.25, 0.3) is 0 Å². The molecule has 0 aliphatic heterocycles. The van der Waals surface area contributed by atoms with Crippen LogP contribution in [0.5, 0.6) is 0 Å². The maximum Gasteiger partial charge on any atom is 0.00934 e. The van der Waals surface area contributed by atoms with E-state index in [2.05, 4.69) is 11.9 Å². The van der Waals surface area contributed by atoms with Gasteiger partial charge >= 0.3 is 0 Å². The van der Waals surface area contributed by atoms with Gasteiger partial charge in [-0.3, -0.25) is 0 Å². The van der Waals surface area contributed by atoms with Crippen LogP contribution in [0.1, 0.15) is 38.5 Å². The van der Waals surface area contributed by atoms with Crippen LogP contribution in [0, 0.1) is 5.92 Å². The molecule has 0 atom stereocenters. The summed E-state index contributed by atoms with van der Waals surface area (Å²) in [4.78, 5) is 2.57. The van der Waals surface area contributed by atoms with Crippen molar-refractivity contribution >= 4 is 0 Å². The molecule has 76 valence electrons. The van der Waals surface area contributed by atoms with Gasteiger partial charge in [0.25, 0.3) is 0 Å². The zero-order chi connectivity index (χ0) is 9.26. The molecule has 2 heteroatoms. The predicted molar refractivity (Wildman–Crippen MR) is 55.6 cm³/mol. The highest BCUT2D eigenvalue weighted by Gasteiger charge is 2.27. The van der Waals surface area contributed by atoms with Crippen molar-refractivity contribution in [1.82, 2.24) is 4.90 Å². The summed E-state index contributed by atoms with van der Waals surface area (Å²) in [5, 5.41) is 0. The molecule has 0 saturated heterocycles. The lowest BCUT2D eigenvalue weighted by Crippen LogP contribution is -2.39. The van der Waals surface area contributed by atoms with Crippen molar-refractivity contribution in [2.75, 3.05) is 13.6 Å². The highest BCUT2D eigenvalue weighted by Crippen LogP contribution is 2.31. The third-order valence-electron chi connectivity index (χ3n) is 3.61. The van der Waals surface area contributed by atoms with Gasteiger partial charge in [0.05, 0.1) is 0 Å². The highest BCUT2D eigenvalue weighted by atomic mass is 15.1. The van der Waals surface area contributed by atoms with Gasteiger partial charge in [0, 0.05) is 18.6 Å². The highest BCUT2D eigenvalue weighted by molar-refractivity contribution is 4.83. The van der Waals surface area contributed by atoms with Crippen molar-refractivity contribution in [1.29, 1.82) is 0 Å². The van der Waals surface area contributed by atoms with Crippen molar-refractivity contribution in [2.45, 2.75) is 50.6 Å². The van der Waals surface area contributed by atoms with E-state index in [4.69, 9.17) is 5.73 Å². The summed E-state index contributed by atoms with van der Waals surface area (Å²) in [6.45, 7) is 1.33. The predicted octanol–water partition coefficient (Wildman–Crippen LogP) is 1.60. The van der Waals surface area contributed by atoms with Crippen LogP contribution in [0.4, 0.5) is 0 Å². The van der Waals surface area contributed by atoms with Gasteiger partial charge in [0.2, 0.25) is 0 Å². The number of nitrogens with two attached hydrogens (primary N) is 1. The average molecular weight is 182 g/mol. The molecule has 13 heavy (non-hydrogen) atoms. The molecule has 0 aromatic heterocycles. The summed E-state index contributed by atoms with van der Waals surface area (Å²) in [7, 11) is 2.29. The first kappa shape index (κ1) is 9.47. The fraction of sp³-hybridized carbons (Fsp3) is 1.00. The van der Waals surface area contributed by atoms with Crippen LogP contribution >= 0.6 is 0 Å². The lowest BCUT2D eigenvalue weighted by molar-refractivity contribution is 0.177. The van der Waals surface area contributed by atoms with Crippen LogP contribution in [0.15, 0.2) is 0 Å². The van der Waals surface area contributed by atoms with Gasteiger partial charge in [0.1, 0.15) is 0 Å². The Morgan fingerprint density at radius 2 is 1.69 bits per heavy atom. The molecule has 0 radical (unpaired) electrons. The minimum atomic E-state index is 0.491. The molecule has 2 saturated carbocycles. The Morgan fingerprint density at radius 3 is 2.23 bits per heavy atom. The summed E-state index contributed by atoms with van der Waals surface area (Å²) >= 11 is 0. The molecule has 0 aromatic carbocycles. The van der Waals surface area contributed by atoms with Crippen LogP contribution in [-0.4, -0.2) is 30.6 Å². The molecule has 0 unspecified atom stereocenters. The lowest BCUT2D eigenvalue weighted by atomic mass is 9.91. The summed E-state index contributed by atoms with van der Waals surface area (Å²) in [6, 6.07) is 1.32. The molecule has 0 aromatic rings. The zero-order valence-corrected chi connectivity index (χ0v) is 8.71. The molecule has 2 aliphatic carbocycles. The average Bonchev–Trinajstić information content (AvgIpc) is 2.89.